The molecule has 4 aliphatic rings. The highest BCUT2D eigenvalue weighted by Crippen LogP contribution is 2.38. The maximum absolute atomic E-state index is 14.4. The maximum atomic E-state index is 14.4. The first-order valence-electron chi connectivity index (χ1n) is 24.2. The van der Waals surface area contributed by atoms with E-state index in [2.05, 4.69) is 6.92 Å². The Morgan fingerprint density at radius 3 is 2.25 bits per heavy atom. The van der Waals surface area contributed by atoms with Crippen molar-refractivity contribution in [2.45, 2.75) is 181 Å². The number of fused-ring (bicyclic) bond motifs is 3. The van der Waals surface area contributed by atoms with Crippen LogP contribution in [0.2, 0.25) is 0 Å². The van der Waals surface area contributed by atoms with E-state index >= 15 is 0 Å². The summed E-state index contributed by atoms with van der Waals surface area (Å²) in [6.45, 7) is 15.1. The first-order valence-corrected chi connectivity index (χ1v) is 24.2. The van der Waals surface area contributed by atoms with E-state index < -0.39 is 77.8 Å². The number of ether oxygens (including phenoxy) is 5. The second-order valence-electron chi connectivity index (χ2n) is 20.0. The van der Waals surface area contributed by atoms with Gasteiger partial charge < -0.3 is 38.8 Å². The molecule has 1 amide bonds. The summed E-state index contributed by atoms with van der Waals surface area (Å²) in [6, 6.07) is -1.11. The molecule has 366 valence electrons. The minimum atomic E-state index is -2.41. The predicted molar refractivity (Wildman–Crippen MR) is 248 cm³/mol. The summed E-state index contributed by atoms with van der Waals surface area (Å²) < 4.78 is 29.7. The van der Waals surface area contributed by atoms with Gasteiger partial charge in [-0.1, -0.05) is 78.0 Å². The van der Waals surface area contributed by atoms with E-state index in [1.807, 2.05) is 58.1 Å². The molecule has 1 unspecified atom stereocenters. The van der Waals surface area contributed by atoms with Gasteiger partial charge in [0.25, 0.3) is 11.7 Å². The molecule has 13 heteroatoms. The van der Waals surface area contributed by atoms with Crippen LogP contribution in [0.15, 0.2) is 47.6 Å². The average molecular weight is 912 g/mol. The van der Waals surface area contributed by atoms with Gasteiger partial charge in [-0.05, 0) is 113 Å². The number of cyclic esters (lactones) is 1. The van der Waals surface area contributed by atoms with Gasteiger partial charge in [0.15, 0.2) is 5.78 Å². The molecule has 3 fully saturated rings. The van der Waals surface area contributed by atoms with Crippen molar-refractivity contribution in [3.05, 3.63) is 47.6 Å². The number of hydrogen-bond acceptors (Lipinski definition) is 12. The van der Waals surface area contributed by atoms with Crippen LogP contribution >= 0.6 is 0 Å². The van der Waals surface area contributed by atoms with Crippen molar-refractivity contribution in [3.63, 3.8) is 0 Å². The number of carbonyl (C=O) groups excluding carboxylic acids is 5. The first-order chi connectivity index (χ1) is 30.7. The highest BCUT2D eigenvalue weighted by molar-refractivity contribution is 6.39. The van der Waals surface area contributed by atoms with Crippen LogP contribution in [-0.2, 0) is 47.7 Å². The molecule has 0 aromatic heterocycles. The summed E-state index contributed by atoms with van der Waals surface area (Å²) in [7, 11) is 4.70. The lowest BCUT2D eigenvalue weighted by atomic mass is 9.76. The number of allylic oxidation sites excluding steroid dienone is 6. The highest BCUT2D eigenvalue weighted by Gasteiger charge is 2.53. The zero-order valence-corrected chi connectivity index (χ0v) is 41.2. The van der Waals surface area contributed by atoms with Crippen LogP contribution in [0.5, 0.6) is 0 Å². The Morgan fingerprint density at radius 1 is 0.846 bits per heavy atom. The van der Waals surface area contributed by atoms with Gasteiger partial charge >= 0.3 is 5.97 Å². The highest BCUT2D eigenvalue weighted by atomic mass is 16.6. The molecule has 15 atom stereocenters. The number of esters is 1. The number of amides is 1. The standard InChI is InChI=1S/C52H81NO12/c1-31-17-13-12-14-18-32(2)44(62-10)29-40-23-21-38(8)52(60,65-40)49(57)50(58)53-24-16-15-19-41(53)51(59)64-45(35(5)27-39-22-20-33(3)43(28-39)61-9)30-42(54)34(4)26-37(7)47(56)48(63-11)46(55)36(6)25-31/h12-14,17-18,26,31,33-36,38-41,43-45,47-48,56,60H,15-16,19-25,27-30H2,1-11H3/b14-12?,17-13+,32-18?,37-26+/t31?,33-,34+,35+,36-,38+,39-,40-,41-,43+,44-,45-,47+,48-,52+/m0/s1. The van der Waals surface area contributed by atoms with E-state index in [0.717, 1.165) is 24.8 Å². The van der Waals surface area contributed by atoms with Crippen LogP contribution in [0.4, 0.5) is 0 Å². The van der Waals surface area contributed by atoms with Crippen molar-refractivity contribution in [1.29, 1.82) is 0 Å². The molecule has 0 aromatic rings. The molecule has 1 saturated carbocycles. The lowest BCUT2D eigenvalue weighted by molar-refractivity contribution is -0.265. The monoisotopic (exact) mass is 912 g/mol. The largest absolute Gasteiger partial charge is 0.460 e. The quantitative estimate of drug-likeness (QED) is 0.153. The molecule has 1 aliphatic carbocycles. The van der Waals surface area contributed by atoms with Gasteiger partial charge in [-0.2, -0.15) is 0 Å². The third kappa shape index (κ3) is 14.3. The SMILES string of the molecule is CO[C@H]1C[C@@H]2CC[C@@H](C)[C@@](O)(O2)C(=O)C(=O)N2CCCC[C@H]2C(=O)O[C@H]([C@H](C)C[C@@H]2CC[C@H](C)[C@H](OC)C2)CC(=O)[C@H](C)/C=C(\C)[C@@H](O)[C@@H](OC)C(=O)[C@@H](C)CC(C)/C=C/C=CC=C1C. The summed E-state index contributed by atoms with van der Waals surface area (Å²) >= 11 is 0. The Hall–Kier alpha value is -3.33. The van der Waals surface area contributed by atoms with Crippen molar-refractivity contribution in [2.75, 3.05) is 27.9 Å². The van der Waals surface area contributed by atoms with Gasteiger partial charge in [-0.15, -0.1) is 0 Å². The van der Waals surface area contributed by atoms with Crippen LogP contribution in [0, 0.1) is 41.4 Å². The number of Topliss-reactive ketones (excluding diaryl/α,β-unsaturated/α-hetero) is 3. The number of aliphatic hydroxyl groups is 2. The number of ketones is 3. The summed E-state index contributed by atoms with van der Waals surface area (Å²) in [5.41, 5.74) is 1.30. The first kappa shape index (κ1) is 54.3. The van der Waals surface area contributed by atoms with Gasteiger partial charge in [0.1, 0.15) is 30.1 Å². The van der Waals surface area contributed by atoms with Crippen molar-refractivity contribution < 1.29 is 57.9 Å². The lowest BCUT2D eigenvalue weighted by Gasteiger charge is -2.42. The molecule has 2 bridgehead atoms. The van der Waals surface area contributed by atoms with Crippen LogP contribution < -0.4 is 0 Å². The van der Waals surface area contributed by atoms with Gasteiger partial charge in [-0.3, -0.25) is 19.2 Å². The van der Waals surface area contributed by atoms with E-state index in [1.165, 1.54) is 12.0 Å². The molecule has 2 saturated heterocycles. The Kier molecular flexibility index (Phi) is 21.0. The minimum absolute atomic E-state index is 0.0304. The minimum Gasteiger partial charge on any atom is -0.460 e. The summed E-state index contributed by atoms with van der Waals surface area (Å²) in [4.78, 5) is 71.9. The van der Waals surface area contributed by atoms with Crippen LogP contribution in [0.25, 0.3) is 0 Å². The van der Waals surface area contributed by atoms with Crippen LogP contribution in [-0.4, -0.2) is 121 Å². The molecular weight excluding hydrogens is 831 g/mol. The molecule has 65 heavy (non-hydrogen) atoms. The zero-order chi connectivity index (χ0) is 48.2. The summed E-state index contributed by atoms with van der Waals surface area (Å²) in [5.74, 6) is -7.07. The second-order valence-corrected chi connectivity index (χ2v) is 20.0. The van der Waals surface area contributed by atoms with E-state index in [1.54, 1.807) is 41.1 Å². The Bertz CT molecular complexity index is 1750. The summed E-state index contributed by atoms with van der Waals surface area (Å²) in [6.07, 6.45) is 13.6. The number of methoxy groups -OCH3 is 3. The Labute approximate surface area is 388 Å². The van der Waals surface area contributed by atoms with Gasteiger partial charge in [0.05, 0.1) is 18.3 Å². The fourth-order valence-electron chi connectivity index (χ4n) is 10.4. The van der Waals surface area contributed by atoms with Gasteiger partial charge in [0, 0.05) is 58.5 Å². The van der Waals surface area contributed by atoms with Crippen LogP contribution in [0.1, 0.15) is 132 Å². The zero-order valence-electron chi connectivity index (χ0n) is 41.2. The molecule has 13 nitrogen and oxygen atoms in total. The number of piperidine rings is 1. The van der Waals surface area contributed by atoms with Gasteiger partial charge in [-0.25, -0.2) is 4.79 Å². The molecule has 3 aliphatic heterocycles. The Morgan fingerprint density at radius 2 is 1.57 bits per heavy atom. The van der Waals surface area contributed by atoms with E-state index in [4.69, 9.17) is 23.7 Å². The average Bonchev–Trinajstić information content (AvgIpc) is 3.28. The predicted octanol–water partition coefficient (Wildman–Crippen LogP) is 7.46. The number of rotatable bonds is 6. The molecule has 2 N–H and O–H groups in total. The van der Waals surface area contributed by atoms with Crippen molar-refractivity contribution >= 4 is 29.2 Å². The normalized spacial score (nSPS) is 39.1. The smallest absolute Gasteiger partial charge is 0.329 e. The topological polar surface area (TPSA) is 175 Å². The maximum Gasteiger partial charge on any atom is 0.329 e. The number of carbonyl (C=O) groups is 5. The van der Waals surface area contributed by atoms with E-state index in [0.29, 0.717) is 56.4 Å². The molecule has 4 rings (SSSR count). The molecule has 3 heterocycles. The fourth-order valence-corrected chi connectivity index (χ4v) is 10.4. The molecular formula is C52H81NO12. The molecule has 0 radical (unpaired) electrons. The number of hydrogen-bond donors (Lipinski definition) is 2. The molecule has 0 spiro atoms. The fraction of sp³-hybridized carbons (Fsp3) is 0.750. The third-order valence-electron chi connectivity index (χ3n) is 14.8. The lowest BCUT2D eigenvalue weighted by Crippen LogP contribution is -2.61. The third-order valence-corrected chi connectivity index (χ3v) is 14.8. The number of nitrogens with zero attached hydrogens (tertiary/aromatic N) is 1. The molecule has 0 aromatic carbocycles. The second kappa shape index (κ2) is 25.2. The Balaban J connectivity index is 1.70. The van der Waals surface area contributed by atoms with Crippen molar-refractivity contribution in [3.8, 4) is 0 Å². The van der Waals surface area contributed by atoms with E-state index in [9.17, 15) is 34.2 Å². The summed E-state index contributed by atoms with van der Waals surface area (Å²) in [5, 5.41) is 23.4. The van der Waals surface area contributed by atoms with Crippen molar-refractivity contribution in [2.24, 2.45) is 41.4 Å². The van der Waals surface area contributed by atoms with Crippen molar-refractivity contribution in [1.82, 2.24) is 4.90 Å². The van der Waals surface area contributed by atoms with E-state index in [-0.39, 0.29) is 54.8 Å². The number of aliphatic hydroxyl groups excluding tert-OH is 1. The van der Waals surface area contributed by atoms with Crippen LogP contribution in [0.3, 0.4) is 0 Å². The van der Waals surface area contributed by atoms with Gasteiger partial charge in [0.2, 0.25) is 5.79 Å².